The topological polar surface area (TPSA) is 21.3 Å². The number of rotatable bonds is 3. The zero-order chi connectivity index (χ0) is 11.4. The summed E-state index contributed by atoms with van der Waals surface area (Å²) in [7, 11) is 2.00. The minimum absolute atomic E-state index is 0.287. The molecule has 1 atom stereocenters. The van der Waals surface area contributed by atoms with E-state index in [2.05, 4.69) is 52.2 Å². The van der Waals surface area contributed by atoms with Gasteiger partial charge in [-0.3, -0.25) is 0 Å². The SMILES string of the molecule is CNC(C1=COCCC1)c1cccc(I)c1. The van der Waals surface area contributed by atoms with Crippen LogP contribution in [0.1, 0.15) is 24.4 Å². The molecule has 1 heterocycles. The van der Waals surface area contributed by atoms with Gasteiger partial charge in [-0.05, 0) is 65.7 Å². The van der Waals surface area contributed by atoms with Gasteiger partial charge in [-0.1, -0.05) is 12.1 Å². The first-order valence-electron chi connectivity index (χ1n) is 5.54. The van der Waals surface area contributed by atoms with Crippen molar-refractivity contribution in [3.05, 3.63) is 45.2 Å². The van der Waals surface area contributed by atoms with Crippen molar-refractivity contribution in [2.45, 2.75) is 18.9 Å². The molecule has 1 aromatic rings. The van der Waals surface area contributed by atoms with Crippen LogP contribution in [0.2, 0.25) is 0 Å². The molecule has 1 N–H and O–H groups in total. The molecule has 2 nitrogen and oxygen atoms in total. The van der Waals surface area contributed by atoms with Gasteiger partial charge in [-0.15, -0.1) is 0 Å². The molecule has 1 unspecified atom stereocenters. The quantitative estimate of drug-likeness (QED) is 0.860. The molecule has 0 amide bonds. The van der Waals surface area contributed by atoms with E-state index < -0.39 is 0 Å². The number of halogens is 1. The van der Waals surface area contributed by atoms with Crippen molar-refractivity contribution in [1.29, 1.82) is 0 Å². The highest BCUT2D eigenvalue weighted by Crippen LogP contribution is 2.27. The van der Waals surface area contributed by atoms with Gasteiger partial charge in [-0.25, -0.2) is 0 Å². The highest BCUT2D eigenvalue weighted by atomic mass is 127. The molecule has 0 saturated carbocycles. The van der Waals surface area contributed by atoms with Gasteiger partial charge >= 0.3 is 0 Å². The third-order valence-corrected chi connectivity index (χ3v) is 3.47. The van der Waals surface area contributed by atoms with Crippen molar-refractivity contribution in [2.24, 2.45) is 0 Å². The fraction of sp³-hybridized carbons (Fsp3) is 0.385. The Morgan fingerprint density at radius 2 is 2.31 bits per heavy atom. The molecule has 1 aliphatic rings. The summed E-state index contributed by atoms with van der Waals surface area (Å²) in [6.07, 6.45) is 4.16. The predicted molar refractivity (Wildman–Crippen MR) is 74.2 cm³/mol. The Morgan fingerprint density at radius 1 is 1.44 bits per heavy atom. The van der Waals surface area contributed by atoms with Crippen molar-refractivity contribution in [3.8, 4) is 0 Å². The zero-order valence-electron chi connectivity index (χ0n) is 9.37. The lowest BCUT2D eigenvalue weighted by Crippen LogP contribution is -2.20. The monoisotopic (exact) mass is 329 g/mol. The maximum atomic E-state index is 5.41. The van der Waals surface area contributed by atoms with Crippen LogP contribution in [0.5, 0.6) is 0 Å². The summed E-state index contributed by atoms with van der Waals surface area (Å²) in [4.78, 5) is 0. The number of hydrogen-bond donors (Lipinski definition) is 1. The number of ether oxygens (including phenoxy) is 1. The lowest BCUT2D eigenvalue weighted by molar-refractivity contribution is 0.220. The minimum atomic E-state index is 0.287. The summed E-state index contributed by atoms with van der Waals surface area (Å²) in [5, 5.41) is 3.36. The van der Waals surface area contributed by atoms with E-state index in [1.165, 1.54) is 14.7 Å². The Hall–Kier alpha value is -0.550. The van der Waals surface area contributed by atoms with Gasteiger partial charge in [0.1, 0.15) is 0 Å². The van der Waals surface area contributed by atoms with Gasteiger partial charge in [0.15, 0.2) is 0 Å². The molecule has 1 aromatic carbocycles. The van der Waals surface area contributed by atoms with Crippen LogP contribution < -0.4 is 5.32 Å². The van der Waals surface area contributed by atoms with Gasteiger partial charge < -0.3 is 10.1 Å². The molecule has 2 rings (SSSR count). The molecule has 0 aromatic heterocycles. The lowest BCUT2D eigenvalue weighted by Gasteiger charge is -2.23. The summed E-state index contributed by atoms with van der Waals surface area (Å²) in [5.74, 6) is 0. The van der Waals surface area contributed by atoms with Crippen LogP contribution >= 0.6 is 22.6 Å². The smallest absolute Gasteiger partial charge is 0.0876 e. The Kier molecular flexibility index (Phi) is 4.23. The lowest BCUT2D eigenvalue weighted by atomic mass is 9.95. The van der Waals surface area contributed by atoms with E-state index in [-0.39, 0.29) is 6.04 Å². The van der Waals surface area contributed by atoms with Crippen LogP contribution in [0.3, 0.4) is 0 Å². The van der Waals surface area contributed by atoms with Crippen molar-refractivity contribution >= 4 is 22.6 Å². The van der Waals surface area contributed by atoms with Crippen LogP contribution in [0, 0.1) is 3.57 Å². The van der Waals surface area contributed by atoms with E-state index >= 15 is 0 Å². The van der Waals surface area contributed by atoms with Gasteiger partial charge in [-0.2, -0.15) is 0 Å². The second kappa shape index (κ2) is 5.68. The van der Waals surface area contributed by atoms with Crippen molar-refractivity contribution in [3.63, 3.8) is 0 Å². The third kappa shape index (κ3) is 2.77. The fourth-order valence-electron chi connectivity index (χ4n) is 2.05. The van der Waals surface area contributed by atoms with E-state index in [0.29, 0.717) is 0 Å². The summed E-state index contributed by atoms with van der Waals surface area (Å²) in [5.41, 5.74) is 2.65. The van der Waals surface area contributed by atoms with Crippen LogP contribution in [0.15, 0.2) is 36.1 Å². The van der Waals surface area contributed by atoms with Gasteiger partial charge in [0.2, 0.25) is 0 Å². The van der Waals surface area contributed by atoms with Crippen LogP contribution in [0.25, 0.3) is 0 Å². The molecule has 0 saturated heterocycles. The summed E-state index contributed by atoms with van der Waals surface area (Å²) in [6, 6.07) is 8.89. The number of hydrogen-bond acceptors (Lipinski definition) is 2. The predicted octanol–water partition coefficient (Wildman–Crippen LogP) is 3.25. The van der Waals surface area contributed by atoms with Gasteiger partial charge in [0.05, 0.1) is 18.9 Å². The minimum Gasteiger partial charge on any atom is -0.501 e. The summed E-state index contributed by atoms with van der Waals surface area (Å²) < 4.78 is 6.68. The highest BCUT2D eigenvalue weighted by Gasteiger charge is 2.17. The van der Waals surface area contributed by atoms with E-state index in [4.69, 9.17) is 4.74 Å². The Labute approximate surface area is 110 Å². The molecule has 0 bridgehead atoms. The molecular formula is C13H16INO. The second-order valence-corrected chi connectivity index (χ2v) is 5.19. The number of nitrogens with one attached hydrogen (secondary N) is 1. The van der Waals surface area contributed by atoms with Crippen molar-refractivity contribution in [1.82, 2.24) is 5.32 Å². The molecular weight excluding hydrogens is 313 g/mol. The molecule has 3 heteroatoms. The maximum absolute atomic E-state index is 5.41. The highest BCUT2D eigenvalue weighted by molar-refractivity contribution is 14.1. The molecule has 0 spiro atoms. The molecule has 86 valence electrons. The Bertz CT molecular complexity index is 389. The van der Waals surface area contributed by atoms with Gasteiger partial charge in [0.25, 0.3) is 0 Å². The second-order valence-electron chi connectivity index (χ2n) is 3.94. The maximum Gasteiger partial charge on any atom is 0.0876 e. The first-order chi connectivity index (χ1) is 7.81. The average molecular weight is 329 g/mol. The van der Waals surface area contributed by atoms with Gasteiger partial charge in [0, 0.05) is 3.57 Å². The first kappa shape index (κ1) is 11.9. The molecule has 0 aliphatic carbocycles. The van der Waals surface area contributed by atoms with Crippen molar-refractivity contribution in [2.75, 3.05) is 13.7 Å². The summed E-state index contributed by atoms with van der Waals surface area (Å²) >= 11 is 2.35. The van der Waals surface area contributed by atoms with E-state index in [1.54, 1.807) is 0 Å². The Balaban J connectivity index is 2.25. The van der Waals surface area contributed by atoms with Crippen LogP contribution in [-0.2, 0) is 4.74 Å². The molecule has 1 aliphatic heterocycles. The van der Waals surface area contributed by atoms with E-state index in [9.17, 15) is 0 Å². The Morgan fingerprint density at radius 3 is 2.94 bits per heavy atom. The standard InChI is InChI=1S/C13H16INO/c1-15-13(11-5-3-7-16-9-11)10-4-2-6-12(14)8-10/h2,4,6,8-9,13,15H,3,5,7H2,1H3. The molecule has 16 heavy (non-hydrogen) atoms. The molecule has 0 fully saturated rings. The van der Waals surface area contributed by atoms with E-state index in [0.717, 1.165) is 19.4 Å². The van der Waals surface area contributed by atoms with Crippen LogP contribution in [-0.4, -0.2) is 13.7 Å². The number of benzene rings is 1. The third-order valence-electron chi connectivity index (χ3n) is 2.80. The summed E-state index contributed by atoms with van der Waals surface area (Å²) in [6.45, 7) is 0.853. The van der Waals surface area contributed by atoms with Crippen LogP contribution in [0.4, 0.5) is 0 Å². The largest absolute Gasteiger partial charge is 0.501 e. The first-order valence-corrected chi connectivity index (χ1v) is 6.62. The zero-order valence-corrected chi connectivity index (χ0v) is 11.5. The molecule has 0 radical (unpaired) electrons. The van der Waals surface area contributed by atoms with E-state index in [1.807, 2.05) is 13.3 Å². The average Bonchev–Trinajstić information content (AvgIpc) is 2.31. The normalized spacial score (nSPS) is 17.5. The number of likely N-dealkylation sites (N-methyl/N-ethyl adjacent to an activating group) is 1. The fourth-order valence-corrected chi connectivity index (χ4v) is 2.62. The van der Waals surface area contributed by atoms with Crippen molar-refractivity contribution < 1.29 is 4.74 Å².